The van der Waals surface area contributed by atoms with Gasteiger partial charge in [-0.3, -0.25) is 9.69 Å². The molecular weight excluding hydrogens is 360 g/mol. The Morgan fingerprint density at radius 1 is 1.29 bits per heavy atom. The number of aromatic amines is 1. The first kappa shape index (κ1) is 18.7. The van der Waals surface area contributed by atoms with Crippen molar-refractivity contribution in [1.29, 1.82) is 0 Å². The summed E-state index contributed by atoms with van der Waals surface area (Å²) < 4.78 is 12.4. The van der Waals surface area contributed by atoms with Crippen molar-refractivity contribution in [3.8, 4) is 0 Å². The van der Waals surface area contributed by atoms with Crippen molar-refractivity contribution in [3.63, 3.8) is 0 Å². The Morgan fingerprint density at radius 2 is 2.11 bits per heavy atom. The Kier molecular flexibility index (Phi) is 5.47. The zero-order valence-electron chi connectivity index (χ0n) is 16.1. The summed E-state index contributed by atoms with van der Waals surface area (Å²) >= 11 is 0. The number of H-pyrrole nitrogens is 1. The van der Waals surface area contributed by atoms with Crippen molar-refractivity contribution >= 4 is 10.9 Å². The molecule has 2 aromatic heterocycles. The van der Waals surface area contributed by atoms with Crippen molar-refractivity contribution in [3.05, 3.63) is 51.6 Å². The molecule has 9 heteroatoms. The minimum atomic E-state index is -0.357. The molecule has 0 saturated carbocycles. The molecule has 1 atom stereocenters. The fourth-order valence-electron chi connectivity index (χ4n) is 3.63. The molecule has 1 saturated heterocycles. The Hall–Kier alpha value is -2.62. The smallest absolute Gasteiger partial charge is 0.253 e. The van der Waals surface area contributed by atoms with Gasteiger partial charge in [-0.15, -0.1) is 5.10 Å². The van der Waals surface area contributed by atoms with Gasteiger partial charge in [-0.25, -0.2) is 4.68 Å². The summed E-state index contributed by atoms with van der Waals surface area (Å²) in [5.41, 5.74) is 2.46. The maximum atomic E-state index is 13.0. The summed E-state index contributed by atoms with van der Waals surface area (Å²) in [4.78, 5) is 18.2. The normalized spacial score (nSPS) is 16.5. The number of hydrogen-bond donors (Lipinski definition) is 1. The van der Waals surface area contributed by atoms with Crippen LogP contribution in [-0.4, -0.2) is 70.1 Å². The van der Waals surface area contributed by atoms with Crippen molar-refractivity contribution in [2.45, 2.75) is 19.5 Å². The van der Waals surface area contributed by atoms with Crippen LogP contribution in [0.3, 0.4) is 0 Å². The van der Waals surface area contributed by atoms with Gasteiger partial charge >= 0.3 is 0 Å². The lowest BCUT2D eigenvalue weighted by molar-refractivity contribution is 0.0211. The van der Waals surface area contributed by atoms with E-state index < -0.39 is 0 Å². The zero-order valence-corrected chi connectivity index (χ0v) is 16.1. The van der Waals surface area contributed by atoms with Gasteiger partial charge < -0.3 is 14.5 Å². The Bertz CT molecular complexity index is 1010. The Labute approximate surface area is 162 Å². The van der Waals surface area contributed by atoms with Crippen LogP contribution in [0.1, 0.15) is 23.0 Å². The highest BCUT2D eigenvalue weighted by Crippen LogP contribution is 2.27. The van der Waals surface area contributed by atoms with Crippen LogP contribution in [-0.2, 0) is 16.0 Å². The Balaban J connectivity index is 1.84. The molecule has 3 aromatic rings. The minimum Gasteiger partial charge on any atom is -0.383 e. The lowest BCUT2D eigenvalue weighted by atomic mass is 10.0. The first-order valence-corrected chi connectivity index (χ1v) is 9.38. The molecule has 148 valence electrons. The Morgan fingerprint density at radius 3 is 2.89 bits per heavy atom. The van der Waals surface area contributed by atoms with Crippen LogP contribution in [0.5, 0.6) is 0 Å². The molecule has 4 rings (SSSR count). The molecule has 0 bridgehead atoms. The third-order valence-corrected chi connectivity index (χ3v) is 5.05. The number of benzene rings is 1. The molecule has 0 aliphatic carbocycles. The molecular formula is C19H24N6O3. The van der Waals surface area contributed by atoms with Crippen molar-refractivity contribution < 1.29 is 9.47 Å². The van der Waals surface area contributed by atoms with E-state index in [1.807, 2.05) is 25.1 Å². The predicted octanol–water partition coefficient (Wildman–Crippen LogP) is 0.891. The topological polar surface area (TPSA) is 98.2 Å². The largest absolute Gasteiger partial charge is 0.383 e. The fourth-order valence-corrected chi connectivity index (χ4v) is 3.63. The average molecular weight is 384 g/mol. The number of pyridine rings is 1. The van der Waals surface area contributed by atoms with Crippen LogP contribution in [0.2, 0.25) is 0 Å². The number of aryl methyl sites for hydroxylation is 1. The minimum absolute atomic E-state index is 0.130. The van der Waals surface area contributed by atoms with Gasteiger partial charge in [0.15, 0.2) is 5.82 Å². The number of morpholine rings is 1. The SMILES string of the molecule is COCCn1nnnc1C(c1cc2cc(C)ccc2[nH]c1=O)N1CCOCC1. The van der Waals surface area contributed by atoms with Gasteiger partial charge in [0.1, 0.15) is 6.04 Å². The molecule has 9 nitrogen and oxygen atoms in total. The second-order valence-electron chi connectivity index (χ2n) is 6.95. The van der Waals surface area contributed by atoms with E-state index in [0.29, 0.717) is 50.8 Å². The van der Waals surface area contributed by atoms with Crippen molar-refractivity contribution in [2.75, 3.05) is 40.0 Å². The summed E-state index contributed by atoms with van der Waals surface area (Å²) in [6.45, 7) is 5.67. The number of aromatic nitrogens is 5. The summed E-state index contributed by atoms with van der Waals surface area (Å²) in [7, 11) is 1.64. The number of hydrogen-bond acceptors (Lipinski definition) is 7. The van der Waals surface area contributed by atoms with Crippen LogP contribution < -0.4 is 5.56 Å². The number of rotatable bonds is 6. The number of nitrogens with zero attached hydrogens (tertiary/aromatic N) is 5. The number of nitrogens with one attached hydrogen (secondary N) is 1. The van der Waals surface area contributed by atoms with E-state index in [2.05, 4.69) is 31.5 Å². The summed E-state index contributed by atoms with van der Waals surface area (Å²) in [6.07, 6.45) is 0. The van der Waals surface area contributed by atoms with Crippen LogP contribution in [0.25, 0.3) is 10.9 Å². The molecule has 0 radical (unpaired) electrons. The van der Waals surface area contributed by atoms with Gasteiger partial charge in [0.25, 0.3) is 5.56 Å². The van der Waals surface area contributed by atoms with E-state index in [0.717, 1.165) is 16.5 Å². The molecule has 0 spiro atoms. The second-order valence-corrected chi connectivity index (χ2v) is 6.95. The quantitative estimate of drug-likeness (QED) is 0.674. The van der Waals surface area contributed by atoms with Crippen LogP contribution in [0.15, 0.2) is 29.1 Å². The van der Waals surface area contributed by atoms with Crippen LogP contribution in [0.4, 0.5) is 0 Å². The van der Waals surface area contributed by atoms with Crippen LogP contribution in [0, 0.1) is 6.92 Å². The molecule has 1 aliphatic rings. The molecule has 0 amide bonds. The summed E-state index contributed by atoms with van der Waals surface area (Å²) in [5.74, 6) is 0.636. The maximum absolute atomic E-state index is 13.0. The van der Waals surface area contributed by atoms with E-state index in [-0.39, 0.29) is 11.6 Å². The van der Waals surface area contributed by atoms with Crippen LogP contribution >= 0.6 is 0 Å². The van der Waals surface area contributed by atoms with Gasteiger partial charge in [0, 0.05) is 31.3 Å². The first-order chi connectivity index (χ1) is 13.7. The van der Waals surface area contributed by atoms with E-state index in [4.69, 9.17) is 9.47 Å². The van der Waals surface area contributed by atoms with Gasteiger partial charge in [-0.2, -0.15) is 0 Å². The van der Waals surface area contributed by atoms with Gasteiger partial charge in [-0.05, 0) is 40.9 Å². The predicted molar refractivity (Wildman–Crippen MR) is 103 cm³/mol. The molecule has 28 heavy (non-hydrogen) atoms. The lowest BCUT2D eigenvalue weighted by Gasteiger charge is -2.33. The van der Waals surface area contributed by atoms with Crippen molar-refractivity contribution in [1.82, 2.24) is 30.1 Å². The van der Waals surface area contributed by atoms with E-state index in [9.17, 15) is 4.79 Å². The van der Waals surface area contributed by atoms with Gasteiger partial charge in [0.05, 0.1) is 26.4 Å². The molecule has 1 fully saturated rings. The third-order valence-electron chi connectivity index (χ3n) is 5.05. The van der Waals surface area contributed by atoms with Gasteiger partial charge in [0.2, 0.25) is 0 Å². The van der Waals surface area contributed by atoms with E-state index in [1.54, 1.807) is 11.8 Å². The molecule has 1 aliphatic heterocycles. The molecule has 1 unspecified atom stereocenters. The first-order valence-electron chi connectivity index (χ1n) is 9.38. The zero-order chi connectivity index (χ0) is 19.5. The summed E-state index contributed by atoms with van der Waals surface area (Å²) in [5, 5.41) is 13.2. The lowest BCUT2D eigenvalue weighted by Crippen LogP contribution is -2.42. The maximum Gasteiger partial charge on any atom is 0.253 e. The van der Waals surface area contributed by atoms with Crippen molar-refractivity contribution in [2.24, 2.45) is 0 Å². The highest BCUT2D eigenvalue weighted by Gasteiger charge is 2.31. The summed E-state index contributed by atoms with van der Waals surface area (Å²) in [6, 6.07) is 7.59. The highest BCUT2D eigenvalue weighted by atomic mass is 16.5. The molecule has 3 heterocycles. The standard InChI is InChI=1S/C19H24N6O3/c1-13-3-4-16-14(11-13)12-15(19(26)20-16)17(24-5-9-28-10-6-24)18-21-22-23-25(18)7-8-27-2/h3-4,11-12,17H,5-10H2,1-2H3,(H,20,26). The highest BCUT2D eigenvalue weighted by molar-refractivity contribution is 5.79. The fraction of sp³-hybridized carbons (Fsp3) is 0.474. The molecule has 1 aromatic carbocycles. The number of methoxy groups -OCH3 is 1. The average Bonchev–Trinajstić information content (AvgIpc) is 3.16. The second kappa shape index (κ2) is 8.17. The number of ether oxygens (including phenoxy) is 2. The van der Waals surface area contributed by atoms with E-state index in [1.165, 1.54) is 0 Å². The molecule has 1 N–H and O–H groups in total. The number of tetrazole rings is 1. The number of fused-ring (bicyclic) bond motifs is 1. The third kappa shape index (κ3) is 3.68. The van der Waals surface area contributed by atoms with Gasteiger partial charge in [-0.1, -0.05) is 11.6 Å². The van der Waals surface area contributed by atoms with E-state index >= 15 is 0 Å². The monoisotopic (exact) mass is 384 g/mol.